The Morgan fingerprint density at radius 1 is 0.545 bits per heavy atom. The molecule has 576 valence electrons. The van der Waals surface area contributed by atoms with Crippen molar-refractivity contribution >= 4 is 70.6 Å². The minimum absolute atomic E-state index is 0.00911. The van der Waals surface area contributed by atoms with Gasteiger partial charge in [0.15, 0.2) is 0 Å². The van der Waals surface area contributed by atoms with E-state index in [1.165, 1.54) is 50.1 Å². The van der Waals surface area contributed by atoms with E-state index < -0.39 is 11.7 Å². The number of nitrogens with zero attached hydrogens (tertiary/aromatic N) is 6. The minimum Gasteiger partial charge on any atom is -0.465 e. The van der Waals surface area contributed by atoms with Gasteiger partial charge >= 0.3 is 18.0 Å². The largest absolute Gasteiger partial charge is 0.465 e. The Labute approximate surface area is 654 Å². The normalized spacial score (nSPS) is 14.1. The monoisotopic (exact) mass is 1500 g/mol. The summed E-state index contributed by atoms with van der Waals surface area (Å²) in [5, 5.41) is 11.6. The lowest BCUT2D eigenvalue weighted by Gasteiger charge is -2.28. The third-order valence-corrected chi connectivity index (χ3v) is 20.6. The lowest BCUT2D eigenvalue weighted by molar-refractivity contribution is -0.144. The maximum absolute atomic E-state index is 13.8. The van der Waals surface area contributed by atoms with Crippen molar-refractivity contribution in [2.45, 2.75) is 136 Å². The lowest BCUT2D eigenvalue weighted by atomic mass is 9.98. The molecule has 2 aliphatic carbocycles. The second kappa shape index (κ2) is 36.3. The molecule has 2 aromatic heterocycles. The quantitative estimate of drug-likeness (QED) is 0.0202. The fourth-order valence-electron chi connectivity index (χ4n) is 15.2. The highest BCUT2D eigenvalue weighted by atomic mass is 16.6. The van der Waals surface area contributed by atoms with Crippen LogP contribution in [0.1, 0.15) is 184 Å². The van der Waals surface area contributed by atoms with Crippen LogP contribution in [0, 0.1) is 0 Å². The summed E-state index contributed by atoms with van der Waals surface area (Å²) in [7, 11) is 0. The molecule has 5 aliphatic rings. The number of rotatable bonds is 25. The zero-order chi connectivity index (χ0) is 78.3. The number of hydrogen-bond donors (Lipinski definition) is 5. The lowest BCUT2D eigenvalue weighted by Crippen LogP contribution is -2.38. The number of nitrogen functional groups attached to an aromatic ring is 1. The number of anilines is 2. The summed E-state index contributed by atoms with van der Waals surface area (Å²) >= 11 is 0. The van der Waals surface area contributed by atoms with E-state index in [0.717, 1.165) is 79.9 Å². The SMILES string of the molecule is CCCN(CCC)C(=O)C1=Cc2ccc(C(=O)Nc3cnc4c(c3)CN(Cc3ccc(C(=O)NCCCC(=O)OCC5c6ccccc6-c6ccccc65)cc3)CC4)cc2N=C(NC(=O)OC(C)(C)C)C1.Nc1cnc2c(c1)CN(Cc1ccc(C(=O)NCCCC(=O)OCC3c4ccccc4-c4ccccc43)cc1)CC2. The Morgan fingerprint density at radius 2 is 1.01 bits per heavy atom. The van der Waals surface area contributed by atoms with E-state index in [9.17, 15) is 33.6 Å². The number of aromatic nitrogens is 2. The first kappa shape index (κ1) is 78.2. The number of aliphatic imine (C=N–C) groups is 1. The molecule has 3 aliphatic heterocycles. The van der Waals surface area contributed by atoms with Gasteiger partial charge in [-0.15, -0.1) is 0 Å². The van der Waals surface area contributed by atoms with Crippen molar-refractivity contribution in [3.63, 3.8) is 0 Å². The summed E-state index contributed by atoms with van der Waals surface area (Å²) in [4.78, 5) is 112. The maximum Gasteiger partial charge on any atom is 0.413 e. The Kier molecular flexibility index (Phi) is 25.3. The number of amidine groups is 1. The molecule has 0 saturated carbocycles. The number of alkyl carbamates (subject to hydrolysis) is 1. The number of hydrogen-bond acceptors (Lipinski definition) is 16. The molecule has 6 N–H and O–H groups in total. The number of amides is 5. The van der Waals surface area contributed by atoms with E-state index in [-0.39, 0.29) is 79.1 Å². The van der Waals surface area contributed by atoms with Crippen molar-refractivity contribution in [3.8, 4) is 22.3 Å². The Balaban J connectivity index is 0.000000226. The average molecular weight is 1500 g/mol. The molecule has 14 rings (SSSR count). The number of esters is 2. The molecule has 0 radical (unpaired) electrons. The first-order valence-electron chi connectivity index (χ1n) is 38.9. The van der Waals surface area contributed by atoms with Gasteiger partial charge < -0.3 is 40.8 Å². The van der Waals surface area contributed by atoms with Crippen LogP contribution in [0.4, 0.5) is 21.9 Å². The summed E-state index contributed by atoms with van der Waals surface area (Å²) in [6.07, 6.45) is 9.30. The van der Waals surface area contributed by atoms with Crippen molar-refractivity contribution in [2.75, 3.05) is 63.5 Å². The fourth-order valence-corrected chi connectivity index (χ4v) is 15.2. The number of carbonyl (C=O) groups is 7. The number of benzene rings is 7. The van der Waals surface area contributed by atoms with Gasteiger partial charge in [0.05, 0.1) is 29.5 Å². The smallest absolute Gasteiger partial charge is 0.413 e. The van der Waals surface area contributed by atoms with Gasteiger partial charge in [-0.1, -0.05) is 141 Å². The van der Waals surface area contributed by atoms with Gasteiger partial charge in [0, 0.05) is 149 Å². The van der Waals surface area contributed by atoms with Crippen LogP contribution < -0.4 is 27.0 Å². The van der Waals surface area contributed by atoms with Gasteiger partial charge in [-0.25, -0.2) is 9.79 Å². The van der Waals surface area contributed by atoms with Crippen LogP contribution in [0.3, 0.4) is 0 Å². The van der Waals surface area contributed by atoms with Gasteiger partial charge in [-0.3, -0.25) is 53.9 Å². The molecule has 9 aromatic rings. The van der Waals surface area contributed by atoms with Crippen LogP contribution in [0.5, 0.6) is 0 Å². The van der Waals surface area contributed by atoms with Crippen molar-refractivity contribution < 1.29 is 47.8 Å². The Bertz CT molecular complexity index is 4930. The standard InChI is InChI=1S/C57H63N7O7.C34H34N4O3/c1-6-26-64(27-7-2)55(68)41-29-39-22-23-40(31-50(39)61-51(32-41)62-56(69)71-57(3,4)5)54(67)60-43-30-42-35-63(28-24-49(42)59-33-43)34-37-18-20-38(21-19-37)53(66)58-25-12-17-52(65)70-36-48-46-15-10-8-13-44(46)45-14-9-11-16-47(45)48;35-26-18-25-21-38(17-15-32(25)37-19-26)20-23-11-13-24(14-12-23)34(40)36-16-5-10-33(39)41-22-31-29-8-3-1-6-27(29)28-7-2-4-9-30(28)31/h8-11,13-16,18-23,29-31,33,48H,6-7,12,17,24-28,32,34-36H2,1-5H3,(H,58,66)(H,60,67)(H,61,62,69);1-4,6-9,11-14,18-19,31H,5,10,15-17,20-22,35H2,(H,36,40). The van der Waals surface area contributed by atoms with E-state index in [1.807, 2.05) is 128 Å². The molecule has 7 aromatic carbocycles. The van der Waals surface area contributed by atoms with E-state index in [2.05, 4.69) is 84.6 Å². The van der Waals surface area contributed by atoms with Gasteiger partial charge in [0.25, 0.3) is 17.7 Å². The molecule has 0 unspecified atom stereocenters. The van der Waals surface area contributed by atoms with Gasteiger partial charge in [-0.05, 0) is 168 Å². The summed E-state index contributed by atoms with van der Waals surface area (Å²) in [6.45, 7) is 16.6. The van der Waals surface area contributed by atoms with Crippen LogP contribution in [0.25, 0.3) is 28.3 Å². The van der Waals surface area contributed by atoms with Gasteiger partial charge in [-0.2, -0.15) is 0 Å². The molecule has 21 nitrogen and oxygen atoms in total. The zero-order valence-corrected chi connectivity index (χ0v) is 64.3. The highest BCUT2D eigenvalue weighted by molar-refractivity contribution is 6.10. The van der Waals surface area contributed by atoms with Crippen LogP contribution in [-0.2, 0) is 67.6 Å². The molecule has 0 atom stereocenters. The number of carbonyl (C=O) groups excluding carboxylic acids is 7. The van der Waals surface area contributed by atoms with Gasteiger partial charge in [0.2, 0.25) is 5.91 Å². The highest BCUT2D eigenvalue weighted by Gasteiger charge is 2.32. The molecule has 0 saturated heterocycles. The van der Waals surface area contributed by atoms with Gasteiger partial charge in [0.1, 0.15) is 24.7 Å². The third kappa shape index (κ3) is 19.8. The molecular weight excluding hydrogens is 1410 g/mol. The number of nitrogens with one attached hydrogen (secondary N) is 4. The van der Waals surface area contributed by atoms with E-state index >= 15 is 0 Å². The average Bonchev–Trinajstić information content (AvgIpc) is 1.62. The molecule has 5 heterocycles. The molecule has 0 spiro atoms. The van der Waals surface area contributed by atoms with Crippen molar-refractivity contribution in [2.24, 2.45) is 4.99 Å². The fraction of sp³-hybridized carbons (Fsp3) is 0.319. The zero-order valence-electron chi connectivity index (χ0n) is 64.3. The van der Waals surface area contributed by atoms with Crippen molar-refractivity contribution in [1.29, 1.82) is 0 Å². The number of nitrogens with two attached hydrogens (primary N) is 1. The Hall–Kier alpha value is -11.9. The topological polar surface area (TPSA) is 269 Å². The first-order valence-corrected chi connectivity index (χ1v) is 38.9. The van der Waals surface area contributed by atoms with E-state index in [0.29, 0.717) is 104 Å². The summed E-state index contributed by atoms with van der Waals surface area (Å²) in [5.74, 6) is -1.06. The maximum atomic E-state index is 13.8. The first-order chi connectivity index (χ1) is 54.3. The van der Waals surface area contributed by atoms with Crippen LogP contribution >= 0.6 is 0 Å². The molecular formula is C91H97N11O10. The number of fused-ring (bicyclic) bond motifs is 9. The van der Waals surface area contributed by atoms with E-state index in [4.69, 9.17) is 29.9 Å². The Morgan fingerprint density at radius 3 is 1.49 bits per heavy atom. The second-order valence-corrected chi connectivity index (χ2v) is 30.1. The van der Waals surface area contributed by atoms with E-state index in [1.54, 1.807) is 57.4 Å². The molecule has 21 heteroatoms. The minimum atomic E-state index is -0.743. The van der Waals surface area contributed by atoms with Crippen molar-refractivity contribution in [1.82, 2.24) is 40.6 Å². The summed E-state index contributed by atoms with van der Waals surface area (Å²) in [5.41, 5.74) is 25.5. The number of pyridine rings is 2. The molecule has 0 fully saturated rings. The van der Waals surface area contributed by atoms with Crippen LogP contribution in [0.15, 0.2) is 199 Å². The predicted octanol–water partition coefficient (Wildman–Crippen LogP) is 14.8. The third-order valence-electron chi connectivity index (χ3n) is 20.6. The molecule has 112 heavy (non-hydrogen) atoms. The summed E-state index contributed by atoms with van der Waals surface area (Å²) in [6, 6.07) is 57.4. The summed E-state index contributed by atoms with van der Waals surface area (Å²) < 4.78 is 16.9. The highest BCUT2D eigenvalue weighted by Crippen LogP contribution is 2.46. The number of ether oxygens (including phenoxy) is 3. The molecule has 0 bridgehead atoms. The van der Waals surface area contributed by atoms with Crippen molar-refractivity contribution in [3.05, 3.63) is 272 Å². The molecule has 5 amide bonds. The second-order valence-electron chi connectivity index (χ2n) is 30.1. The predicted molar refractivity (Wildman–Crippen MR) is 435 cm³/mol. The van der Waals surface area contributed by atoms with Crippen LogP contribution in [0.2, 0.25) is 0 Å². The van der Waals surface area contributed by atoms with Crippen LogP contribution in [-0.4, -0.2) is 130 Å².